The number of nitrogens with one attached hydrogen (secondary N) is 3. The second-order valence-electron chi connectivity index (χ2n) is 7.50. The van der Waals surface area contributed by atoms with Crippen molar-refractivity contribution in [3.63, 3.8) is 0 Å². The summed E-state index contributed by atoms with van der Waals surface area (Å²) >= 11 is 6.35. The summed E-state index contributed by atoms with van der Waals surface area (Å²) in [4.78, 5) is 39.5. The van der Waals surface area contributed by atoms with Crippen LogP contribution < -0.4 is 16.4 Å². The molecule has 1 aliphatic rings. The monoisotopic (exact) mass is 438 g/mol. The molecular weight excluding hydrogens is 420 g/mol. The summed E-state index contributed by atoms with van der Waals surface area (Å²) in [5.41, 5.74) is 9.75. The highest BCUT2D eigenvalue weighted by atomic mass is 35.5. The third-order valence-electron chi connectivity index (χ3n) is 5.37. The molecule has 1 fully saturated rings. The number of rotatable bonds is 5. The lowest BCUT2D eigenvalue weighted by Gasteiger charge is -2.10. The van der Waals surface area contributed by atoms with Gasteiger partial charge in [0.05, 0.1) is 24.9 Å². The molecule has 158 valence electrons. The molecule has 10 nitrogen and oxygen atoms in total. The predicted molar refractivity (Wildman–Crippen MR) is 115 cm³/mol. The molecule has 5 N–H and O–H groups in total. The van der Waals surface area contributed by atoms with Crippen molar-refractivity contribution in [3.05, 3.63) is 47.1 Å². The smallest absolute Gasteiger partial charge is 0.242 e. The average Bonchev–Trinajstić information content (AvgIpc) is 3.45. The number of aromatic amines is 1. The number of nitrogens with two attached hydrogens (primary N) is 1. The minimum Gasteiger partial charge on any atom is -0.382 e. The normalized spacial score (nSPS) is 16.2. The number of imidazole rings is 1. The number of anilines is 1. The molecule has 0 spiro atoms. The molecule has 1 aliphatic heterocycles. The number of hydrogen-bond acceptors (Lipinski definition) is 6. The quantitative estimate of drug-likeness (QED) is 0.371. The van der Waals surface area contributed by atoms with E-state index in [4.69, 9.17) is 17.3 Å². The minimum atomic E-state index is -0.467. The van der Waals surface area contributed by atoms with Crippen molar-refractivity contribution in [3.8, 4) is 0 Å². The number of halogens is 1. The molecule has 5 rings (SSSR count). The van der Waals surface area contributed by atoms with Crippen LogP contribution in [-0.4, -0.2) is 42.4 Å². The van der Waals surface area contributed by atoms with Gasteiger partial charge < -0.3 is 25.9 Å². The first-order valence-corrected chi connectivity index (χ1v) is 10.1. The van der Waals surface area contributed by atoms with E-state index >= 15 is 0 Å². The first-order valence-electron chi connectivity index (χ1n) is 9.76. The summed E-state index contributed by atoms with van der Waals surface area (Å²) in [5.74, 6) is 0.0466. The first kappa shape index (κ1) is 19.3. The van der Waals surface area contributed by atoms with Gasteiger partial charge in [0.15, 0.2) is 11.5 Å². The molecule has 1 atom stereocenters. The number of fused-ring (bicyclic) bond motifs is 2. The van der Waals surface area contributed by atoms with Gasteiger partial charge in [-0.2, -0.15) is 0 Å². The Morgan fingerprint density at radius 3 is 2.97 bits per heavy atom. The lowest BCUT2D eigenvalue weighted by Crippen LogP contribution is -2.41. The fourth-order valence-electron chi connectivity index (χ4n) is 3.87. The zero-order valence-electron chi connectivity index (χ0n) is 16.4. The van der Waals surface area contributed by atoms with Crippen LogP contribution in [0.3, 0.4) is 0 Å². The molecule has 3 aromatic heterocycles. The molecule has 1 unspecified atom stereocenters. The molecule has 11 heteroatoms. The second kappa shape index (κ2) is 7.55. The van der Waals surface area contributed by atoms with E-state index in [0.717, 1.165) is 22.2 Å². The molecule has 4 aromatic rings. The van der Waals surface area contributed by atoms with E-state index in [1.807, 2.05) is 22.8 Å². The Morgan fingerprint density at radius 2 is 2.16 bits per heavy atom. The summed E-state index contributed by atoms with van der Waals surface area (Å²) in [6.45, 7) is 0.791. The van der Waals surface area contributed by atoms with E-state index in [0.29, 0.717) is 47.9 Å². The number of hydrogen-bond donors (Lipinski definition) is 4. The fraction of sp³-hybridized carbons (Fsp3) is 0.250. The Bertz CT molecular complexity index is 1330. The molecule has 4 heterocycles. The van der Waals surface area contributed by atoms with E-state index in [9.17, 15) is 9.59 Å². The maximum absolute atomic E-state index is 12.3. The van der Waals surface area contributed by atoms with Gasteiger partial charge in [-0.3, -0.25) is 9.59 Å². The third kappa shape index (κ3) is 3.66. The van der Waals surface area contributed by atoms with Crippen LogP contribution >= 0.6 is 11.6 Å². The molecule has 31 heavy (non-hydrogen) atoms. The minimum absolute atomic E-state index is 0.0934. The molecule has 2 amide bonds. The summed E-state index contributed by atoms with van der Waals surface area (Å²) in [7, 11) is 0. The number of carbonyl (C=O) groups excluding carboxylic acids is 2. The average molecular weight is 439 g/mol. The Hall–Kier alpha value is -3.66. The van der Waals surface area contributed by atoms with Gasteiger partial charge in [0.1, 0.15) is 17.9 Å². The molecule has 1 aromatic carbocycles. The van der Waals surface area contributed by atoms with E-state index in [-0.39, 0.29) is 11.8 Å². The van der Waals surface area contributed by atoms with Crippen molar-refractivity contribution in [1.82, 2.24) is 35.1 Å². The van der Waals surface area contributed by atoms with E-state index < -0.39 is 6.04 Å². The van der Waals surface area contributed by atoms with E-state index in [1.54, 1.807) is 6.33 Å². The van der Waals surface area contributed by atoms with Gasteiger partial charge in [-0.15, -0.1) is 0 Å². The molecule has 1 saturated heterocycles. The number of benzene rings is 1. The van der Waals surface area contributed by atoms with Crippen molar-refractivity contribution < 1.29 is 9.59 Å². The highest BCUT2D eigenvalue weighted by Gasteiger charge is 2.26. The predicted octanol–water partition coefficient (Wildman–Crippen LogP) is 1.49. The Labute approximate surface area is 181 Å². The van der Waals surface area contributed by atoms with Crippen LogP contribution in [-0.2, 0) is 22.7 Å². The zero-order chi connectivity index (χ0) is 21.5. The van der Waals surface area contributed by atoms with E-state index in [1.165, 1.54) is 6.33 Å². The molecular formula is C20H19ClN8O2. The maximum atomic E-state index is 12.3. The zero-order valence-corrected chi connectivity index (χ0v) is 17.1. The summed E-state index contributed by atoms with van der Waals surface area (Å²) in [6, 6.07) is 5.23. The number of nitrogens with zero attached hydrogens (tertiary/aromatic N) is 4. The molecule has 0 bridgehead atoms. The van der Waals surface area contributed by atoms with Gasteiger partial charge in [0.2, 0.25) is 11.8 Å². The highest BCUT2D eigenvalue weighted by Crippen LogP contribution is 2.26. The number of aromatic nitrogens is 5. The van der Waals surface area contributed by atoms with Gasteiger partial charge in [0.25, 0.3) is 0 Å². The van der Waals surface area contributed by atoms with Crippen molar-refractivity contribution in [2.75, 3.05) is 5.73 Å². The lowest BCUT2D eigenvalue weighted by molar-refractivity contribution is -0.125. The van der Waals surface area contributed by atoms with Gasteiger partial charge in [-0.25, -0.2) is 15.0 Å². The SMILES string of the molecule is Nc1ncnc2c1ncn2Cc1cc(Cl)cc2cc(CNC(=O)C3CCC(=O)N3)[nH]c12. The van der Waals surface area contributed by atoms with Crippen LogP contribution in [0, 0.1) is 0 Å². The lowest BCUT2D eigenvalue weighted by atomic mass is 10.1. The van der Waals surface area contributed by atoms with Crippen molar-refractivity contribution in [1.29, 1.82) is 0 Å². The van der Waals surface area contributed by atoms with Crippen LogP contribution in [0.4, 0.5) is 5.82 Å². The maximum Gasteiger partial charge on any atom is 0.242 e. The van der Waals surface area contributed by atoms with Gasteiger partial charge in [-0.1, -0.05) is 11.6 Å². The van der Waals surface area contributed by atoms with Crippen LogP contribution in [0.2, 0.25) is 5.02 Å². The topological polar surface area (TPSA) is 144 Å². The number of H-pyrrole nitrogens is 1. The Kier molecular flexibility index (Phi) is 4.70. The summed E-state index contributed by atoms with van der Waals surface area (Å²) in [5, 5.41) is 7.07. The Morgan fingerprint density at radius 1 is 1.29 bits per heavy atom. The van der Waals surface area contributed by atoms with Crippen molar-refractivity contribution in [2.24, 2.45) is 0 Å². The molecule has 0 saturated carbocycles. The van der Waals surface area contributed by atoms with Crippen molar-refractivity contribution in [2.45, 2.75) is 32.0 Å². The number of nitrogen functional groups attached to an aromatic ring is 1. The van der Waals surface area contributed by atoms with Crippen molar-refractivity contribution >= 4 is 51.3 Å². The number of amides is 2. The summed E-state index contributed by atoms with van der Waals surface area (Å²) in [6.07, 6.45) is 3.98. The molecule has 0 radical (unpaired) electrons. The van der Waals surface area contributed by atoms with Gasteiger partial charge in [0, 0.05) is 22.5 Å². The van der Waals surface area contributed by atoms with Gasteiger partial charge in [-0.05, 0) is 30.2 Å². The Balaban J connectivity index is 1.40. The summed E-state index contributed by atoms with van der Waals surface area (Å²) < 4.78 is 1.88. The largest absolute Gasteiger partial charge is 0.382 e. The van der Waals surface area contributed by atoms with E-state index in [2.05, 4.69) is 30.6 Å². The highest BCUT2D eigenvalue weighted by molar-refractivity contribution is 6.31. The molecule has 0 aliphatic carbocycles. The standard InChI is InChI=1S/C20H19ClN8O2/c21-12-3-10-5-13(6-23-20(31)14-1-2-15(30)28-14)27-16(10)11(4-12)7-29-9-26-17-18(22)24-8-25-19(17)29/h3-5,8-9,14,27H,1-2,6-7H2,(H,23,31)(H,28,30)(H2,22,24,25). The van der Waals surface area contributed by atoms with Crippen LogP contribution in [0.25, 0.3) is 22.1 Å². The van der Waals surface area contributed by atoms with Crippen LogP contribution in [0.1, 0.15) is 24.1 Å². The third-order valence-corrected chi connectivity index (χ3v) is 5.58. The fourth-order valence-corrected chi connectivity index (χ4v) is 4.12. The van der Waals surface area contributed by atoms with Crippen LogP contribution in [0.15, 0.2) is 30.9 Å². The van der Waals surface area contributed by atoms with Gasteiger partial charge >= 0.3 is 0 Å². The number of carbonyl (C=O) groups is 2. The van der Waals surface area contributed by atoms with Crippen LogP contribution in [0.5, 0.6) is 0 Å². The second-order valence-corrected chi connectivity index (χ2v) is 7.94. The first-order chi connectivity index (χ1) is 15.0.